The highest BCUT2D eigenvalue weighted by Crippen LogP contribution is 2.32. The van der Waals surface area contributed by atoms with E-state index in [0.29, 0.717) is 13.0 Å². The summed E-state index contributed by atoms with van der Waals surface area (Å²) >= 11 is 0. The summed E-state index contributed by atoms with van der Waals surface area (Å²) in [6.45, 7) is 8.25. The molecule has 0 aromatic heterocycles. The van der Waals surface area contributed by atoms with E-state index in [9.17, 15) is 9.59 Å². The molecule has 0 aliphatic carbocycles. The van der Waals surface area contributed by atoms with Crippen molar-refractivity contribution in [3.8, 4) is 0 Å². The van der Waals surface area contributed by atoms with Crippen LogP contribution in [0.15, 0.2) is 0 Å². The molecule has 2 aliphatic heterocycles. The maximum Gasteiger partial charge on any atom is 0.248 e. The molecule has 0 spiro atoms. The summed E-state index contributed by atoms with van der Waals surface area (Å²) in [5, 5.41) is 2.82. The van der Waals surface area contributed by atoms with Gasteiger partial charge in [-0.3, -0.25) is 9.59 Å². The van der Waals surface area contributed by atoms with Crippen molar-refractivity contribution in [1.29, 1.82) is 0 Å². The predicted octanol–water partition coefficient (Wildman–Crippen LogP) is 0.930. The van der Waals surface area contributed by atoms with Crippen molar-refractivity contribution in [3.63, 3.8) is 0 Å². The zero-order valence-corrected chi connectivity index (χ0v) is 12.1. The first-order valence-corrected chi connectivity index (χ1v) is 7.07. The molecular formula is C14H24N2O3. The van der Waals surface area contributed by atoms with E-state index in [2.05, 4.69) is 12.2 Å². The van der Waals surface area contributed by atoms with Crippen LogP contribution in [0.1, 0.15) is 40.0 Å². The van der Waals surface area contributed by atoms with Gasteiger partial charge in [0.2, 0.25) is 11.8 Å². The fraction of sp³-hybridized carbons (Fsp3) is 0.857. The standard InChI is InChI=1S/C14H24N2O3/c1-4-14(3)12(18)16(9-11(17)15-14)10-13(2)5-7-19-8-6-13/h4-10H2,1-3H3,(H,15,17). The lowest BCUT2D eigenvalue weighted by atomic mass is 9.81. The van der Waals surface area contributed by atoms with Gasteiger partial charge in [-0.1, -0.05) is 13.8 Å². The summed E-state index contributed by atoms with van der Waals surface area (Å²) < 4.78 is 5.38. The van der Waals surface area contributed by atoms with E-state index in [1.807, 2.05) is 13.8 Å². The summed E-state index contributed by atoms with van der Waals surface area (Å²) in [5.41, 5.74) is -0.670. The molecule has 2 aliphatic rings. The van der Waals surface area contributed by atoms with E-state index in [4.69, 9.17) is 4.74 Å². The van der Waals surface area contributed by atoms with Crippen LogP contribution in [0.5, 0.6) is 0 Å². The Hall–Kier alpha value is -1.10. The number of nitrogens with zero attached hydrogens (tertiary/aromatic N) is 1. The van der Waals surface area contributed by atoms with Gasteiger partial charge in [0.25, 0.3) is 0 Å². The Balaban J connectivity index is 2.10. The molecule has 2 rings (SSSR count). The Morgan fingerprint density at radius 1 is 1.26 bits per heavy atom. The second kappa shape index (κ2) is 5.12. The minimum absolute atomic E-state index is 0.0438. The van der Waals surface area contributed by atoms with Gasteiger partial charge in [-0.05, 0) is 31.6 Å². The third-order valence-corrected chi connectivity index (χ3v) is 4.49. The van der Waals surface area contributed by atoms with Gasteiger partial charge in [0.1, 0.15) is 5.54 Å². The van der Waals surface area contributed by atoms with Crippen molar-refractivity contribution in [2.24, 2.45) is 5.41 Å². The molecular weight excluding hydrogens is 244 g/mol. The number of piperazine rings is 1. The van der Waals surface area contributed by atoms with Gasteiger partial charge in [0, 0.05) is 19.8 Å². The first kappa shape index (κ1) is 14.3. The van der Waals surface area contributed by atoms with Crippen molar-refractivity contribution < 1.29 is 14.3 Å². The largest absolute Gasteiger partial charge is 0.381 e. The zero-order chi connectivity index (χ0) is 14.1. The van der Waals surface area contributed by atoms with Gasteiger partial charge in [0.15, 0.2) is 0 Å². The Morgan fingerprint density at radius 3 is 2.47 bits per heavy atom. The lowest BCUT2D eigenvalue weighted by Crippen LogP contribution is -2.66. The maximum absolute atomic E-state index is 12.5. The van der Waals surface area contributed by atoms with Crippen molar-refractivity contribution in [2.45, 2.75) is 45.6 Å². The van der Waals surface area contributed by atoms with Crippen LogP contribution in [0.2, 0.25) is 0 Å². The quantitative estimate of drug-likeness (QED) is 0.828. The highest BCUT2D eigenvalue weighted by molar-refractivity contribution is 5.97. The maximum atomic E-state index is 12.5. The van der Waals surface area contributed by atoms with Crippen molar-refractivity contribution >= 4 is 11.8 Å². The number of rotatable bonds is 3. The topological polar surface area (TPSA) is 58.6 Å². The highest BCUT2D eigenvalue weighted by atomic mass is 16.5. The second-order valence-corrected chi connectivity index (χ2v) is 6.32. The summed E-state index contributed by atoms with van der Waals surface area (Å²) in [6, 6.07) is 0. The van der Waals surface area contributed by atoms with Crippen LogP contribution in [-0.2, 0) is 14.3 Å². The monoisotopic (exact) mass is 268 g/mol. The molecule has 0 radical (unpaired) electrons. The Bertz CT molecular complexity index is 377. The molecule has 108 valence electrons. The van der Waals surface area contributed by atoms with Gasteiger partial charge < -0.3 is 15.0 Å². The molecule has 2 heterocycles. The van der Waals surface area contributed by atoms with E-state index in [0.717, 1.165) is 26.1 Å². The number of carbonyl (C=O) groups excluding carboxylic acids is 2. The summed E-state index contributed by atoms with van der Waals surface area (Å²) in [5.74, 6) is -0.0121. The minimum Gasteiger partial charge on any atom is -0.381 e. The number of hydrogen-bond acceptors (Lipinski definition) is 3. The van der Waals surface area contributed by atoms with Gasteiger partial charge >= 0.3 is 0 Å². The molecule has 5 nitrogen and oxygen atoms in total. The van der Waals surface area contributed by atoms with Gasteiger partial charge in [-0.15, -0.1) is 0 Å². The molecule has 2 fully saturated rings. The van der Waals surface area contributed by atoms with Gasteiger partial charge in [0.05, 0.1) is 6.54 Å². The van der Waals surface area contributed by atoms with Crippen LogP contribution in [0.3, 0.4) is 0 Å². The van der Waals surface area contributed by atoms with Gasteiger partial charge in [-0.25, -0.2) is 0 Å². The Morgan fingerprint density at radius 2 is 1.89 bits per heavy atom. The molecule has 0 aromatic carbocycles. The first-order valence-electron chi connectivity index (χ1n) is 7.07. The zero-order valence-electron chi connectivity index (χ0n) is 12.1. The molecule has 0 aromatic rings. The number of amides is 2. The van der Waals surface area contributed by atoms with Gasteiger partial charge in [-0.2, -0.15) is 0 Å². The van der Waals surface area contributed by atoms with Crippen molar-refractivity contribution in [1.82, 2.24) is 10.2 Å². The smallest absolute Gasteiger partial charge is 0.248 e. The van der Waals surface area contributed by atoms with Crippen LogP contribution >= 0.6 is 0 Å². The fourth-order valence-electron chi connectivity index (χ4n) is 2.85. The van der Waals surface area contributed by atoms with E-state index in [1.165, 1.54) is 0 Å². The summed E-state index contributed by atoms with van der Waals surface area (Å²) in [7, 11) is 0. The molecule has 1 unspecified atom stereocenters. The van der Waals surface area contributed by atoms with Crippen LogP contribution in [0.4, 0.5) is 0 Å². The summed E-state index contributed by atoms with van der Waals surface area (Å²) in [6.07, 6.45) is 2.51. The molecule has 5 heteroatoms. The lowest BCUT2D eigenvalue weighted by molar-refractivity contribution is -0.151. The number of carbonyl (C=O) groups is 2. The minimum atomic E-state index is -0.739. The lowest BCUT2D eigenvalue weighted by Gasteiger charge is -2.44. The molecule has 0 bridgehead atoms. The fourth-order valence-corrected chi connectivity index (χ4v) is 2.85. The van der Waals surface area contributed by atoms with E-state index >= 15 is 0 Å². The predicted molar refractivity (Wildman–Crippen MR) is 71.6 cm³/mol. The van der Waals surface area contributed by atoms with Crippen LogP contribution in [-0.4, -0.2) is 48.6 Å². The molecule has 1 atom stereocenters. The third-order valence-electron chi connectivity index (χ3n) is 4.49. The van der Waals surface area contributed by atoms with Crippen molar-refractivity contribution in [3.05, 3.63) is 0 Å². The van der Waals surface area contributed by atoms with E-state index < -0.39 is 5.54 Å². The highest BCUT2D eigenvalue weighted by Gasteiger charge is 2.43. The Labute approximate surface area is 114 Å². The first-order chi connectivity index (χ1) is 8.88. The molecule has 2 amide bonds. The number of nitrogens with one attached hydrogen (secondary N) is 1. The third kappa shape index (κ3) is 2.91. The van der Waals surface area contributed by atoms with Crippen molar-refractivity contribution in [2.75, 3.05) is 26.3 Å². The molecule has 0 saturated carbocycles. The SMILES string of the molecule is CCC1(C)NC(=O)CN(CC2(C)CCOCC2)C1=O. The normalized spacial score (nSPS) is 31.2. The molecule has 2 saturated heterocycles. The molecule has 19 heavy (non-hydrogen) atoms. The molecule has 1 N–H and O–H groups in total. The van der Waals surface area contributed by atoms with E-state index in [-0.39, 0.29) is 23.8 Å². The van der Waals surface area contributed by atoms with Crippen LogP contribution < -0.4 is 5.32 Å². The second-order valence-electron chi connectivity index (χ2n) is 6.32. The van der Waals surface area contributed by atoms with Crippen LogP contribution in [0, 0.1) is 5.41 Å². The van der Waals surface area contributed by atoms with Crippen LogP contribution in [0.25, 0.3) is 0 Å². The number of ether oxygens (including phenoxy) is 1. The number of hydrogen-bond donors (Lipinski definition) is 1. The van der Waals surface area contributed by atoms with E-state index in [1.54, 1.807) is 4.90 Å². The Kier molecular flexibility index (Phi) is 3.85. The average molecular weight is 268 g/mol. The summed E-state index contributed by atoms with van der Waals surface area (Å²) in [4.78, 5) is 26.1. The average Bonchev–Trinajstić information content (AvgIpc) is 2.36.